The number of hydrogen-bond acceptors (Lipinski definition) is 4. The van der Waals surface area contributed by atoms with Gasteiger partial charge in [0.2, 0.25) is 0 Å². The van der Waals surface area contributed by atoms with E-state index in [1.54, 1.807) is 12.5 Å². The lowest BCUT2D eigenvalue weighted by Gasteiger charge is -2.06. The Hall–Kier alpha value is -3.21. The molecule has 0 unspecified atom stereocenters. The molecule has 5 rings (SSSR count). The molecule has 0 saturated heterocycles. The van der Waals surface area contributed by atoms with Gasteiger partial charge >= 0.3 is 0 Å². The predicted molar refractivity (Wildman–Crippen MR) is 91.3 cm³/mol. The zero-order valence-corrected chi connectivity index (χ0v) is 12.9. The van der Waals surface area contributed by atoms with Crippen molar-refractivity contribution in [3.05, 3.63) is 66.9 Å². The molecule has 0 spiro atoms. The minimum Gasteiger partial charge on any atom is -0.493 e. The van der Waals surface area contributed by atoms with Gasteiger partial charge in [-0.25, -0.2) is 15.0 Å². The largest absolute Gasteiger partial charge is 0.493 e. The first-order chi connectivity index (χ1) is 11.9. The SMILES string of the molecule is c1cn(-c2ccc3nc(-c4ccc5c(c4)CCO5)ncc3c2)cn1. The van der Waals surface area contributed by atoms with E-state index in [1.807, 2.05) is 41.2 Å². The number of rotatable bonds is 2. The number of imidazole rings is 1. The summed E-state index contributed by atoms with van der Waals surface area (Å²) < 4.78 is 7.53. The maximum absolute atomic E-state index is 5.56. The molecule has 24 heavy (non-hydrogen) atoms. The number of fused-ring (bicyclic) bond motifs is 2. The van der Waals surface area contributed by atoms with E-state index in [0.717, 1.165) is 46.8 Å². The second-order valence-corrected chi connectivity index (χ2v) is 5.83. The summed E-state index contributed by atoms with van der Waals surface area (Å²) in [5.74, 6) is 1.72. The first kappa shape index (κ1) is 13.2. The van der Waals surface area contributed by atoms with Crippen molar-refractivity contribution in [2.75, 3.05) is 6.61 Å². The Bertz CT molecular complexity index is 1040. The van der Waals surface area contributed by atoms with Gasteiger partial charge in [0, 0.05) is 41.6 Å². The van der Waals surface area contributed by atoms with Gasteiger partial charge in [0.15, 0.2) is 5.82 Å². The molecule has 0 amide bonds. The van der Waals surface area contributed by atoms with Crippen molar-refractivity contribution < 1.29 is 4.74 Å². The topological polar surface area (TPSA) is 52.8 Å². The van der Waals surface area contributed by atoms with Crippen molar-refractivity contribution in [2.45, 2.75) is 6.42 Å². The van der Waals surface area contributed by atoms with E-state index in [9.17, 15) is 0 Å². The quantitative estimate of drug-likeness (QED) is 0.569. The summed E-state index contributed by atoms with van der Waals surface area (Å²) in [5, 5.41) is 1.01. The normalized spacial score (nSPS) is 13.0. The third-order valence-electron chi connectivity index (χ3n) is 4.31. The first-order valence-electron chi connectivity index (χ1n) is 7.88. The highest BCUT2D eigenvalue weighted by molar-refractivity contribution is 5.81. The molecule has 1 aliphatic heterocycles. The van der Waals surface area contributed by atoms with Crippen LogP contribution in [0.1, 0.15) is 5.56 Å². The van der Waals surface area contributed by atoms with Crippen LogP contribution >= 0.6 is 0 Å². The molecule has 0 bridgehead atoms. The van der Waals surface area contributed by atoms with E-state index < -0.39 is 0 Å². The molecule has 0 saturated carbocycles. The molecule has 0 aliphatic carbocycles. The summed E-state index contributed by atoms with van der Waals surface area (Å²) in [4.78, 5) is 13.3. The third kappa shape index (κ3) is 2.13. The Morgan fingerprint density at radius 3 is 3.00 bits per heavy atom. The van der Waals surface area contributed by atoms with Gasteiger partial charge in [-0.15, -0.1) is 0 Å². The molecular formula is C19H14N4O. The van der Waals surface area contributed by atoms with Crippen molar-refractivity contribution in [1.82, 2.24) is 19.5 Å². The Morgan fingerprint density at radius 2 is 2.08 bits per heavy atom. The van der Waals surface area contributed by atoms with Crippen molar-refractivity contribution in [2.24, 2.45) is 0 Å². The molecule has 2 aromatic carbocycles. The van der Waals surface area contributed by atoms with E-state index in [0.29, 0.717) is 0 Å². The van der Waals surface area contributed by atoms with E-state index in [4.69, 9.17) is 9.72 Å². The molecule has 5 heteroatoms. The van der Waals surface area contributed by atoms with Crippen LogP contribution in [0.4, 0.5) is 0 Å². The second kappa shape index (κ2) is 5.16. The maximum Gasteiger partial charge on any atom is 0.159 e. The van der Waals surface area contributed by atoms with Crippen LogP contribution in [-0.2, 0) is 6.42 Å². The highest BCUT2D eigenvalue weighted by Crippen LogP contribution is 2.29. The van der Waals surface area contributed by atoms with Crippen molar-refractivity contribution in [3.8, 4) is 22.8 Å². The van der Waals surface area contributed by atoms with Crippen LogP contribution in [0.3, 0.4) is 0 Å². The van der Waals surface area contributed by atoms with Crippen molar-refractivity contribution >= 4 is 10.9 Å². The summed E-state index contributed by atoms with van der Waals surface area (Å²) in [5.41, 5.74) is 4.23. The monoisotopic (exact) mass is 314 g/mol. The highest BCUT2D eigenvalue weighted by atomic mass is 16.5. The van der Waals surface area contributed by atoms with Crippen LogP contribution in [0.5, 0.6) is 5.75 Å². The molecule has 2 aromatic heterocycles. The average Bonchev–Trinajstić information content (AvgIpc) is 3.31. The van der Waals surface area contributed by atoms with Gasteiger partial charge in [0.25, 0.3) is 0 Å². The summed E-state index contributed by atoms with van der Waals surface area (Å²) in [7, 11) is 0. The smallest absolute Gasteiger partial charge is 0.159 e. The van der Waals surface area contributed by atoms with Gasteiger partial charge in [0.05, 0.1) is 18.5 Å². The molecule has 3 heterocycles. The zero-order chi connectivity index (χ0) is 15.9. The van der Waals surface area contributed by atoms with Crippen molar-refractivity contribution in [3.63, 3.8) is 0 Å². The van der Waals surface area contributed by atoms with Gasteiger partial charge in [-0.1, -0.05) is 0 Å². The van der Waals surface area contributed by atoms with Gasteiger partial charge in [0.1, 0.15) is 5.75 Å². The predicted octanol–water partition coefficient (Wildman–Crippen LogP) is 3.42. The molecule has 5 nitrogen and oxygen atoms in total. The molecule has 0 N–H and O–H groups in total. The van der Waals surface area contributed by atoms with E-state index in [-0.39, 0.29) is 0 Å². The number of nitrogens with zero attached hydrogens (tertiary/aromatic N) is 4. The Kier molecular flexibility index (Phi) is 2.85. The summed E-state index contributed by atoms with van der Waals surface area (Å²) in [6.45, 7) is 0.758. The van der Waals surface area contributed by atoms with Crippen LogP contribution in [0.25, 0.3) is 28.0 Å². The first-order valence-corrected chi connectivity index (χ1v) is 7.88. The lowest BCUT2D eigenvalue weighted by atomic mass is 10.1. The van der Waals surface area contributed by atoms with Crippen LogP contribution in [-0.4, -0.2) is 26.1 Å². The molecule has 4 aromatic rings. The minimum absolute atomic E-state index is 0.743. The second-order valence-electron chi connectivity index (χ2n) is 5.83. The zero-order valence-electron chi connectivity index (χ0n) is 12.9. The minimum atomic E-state index is 0.743. The highest BCUT2D eigenvalue weighted by Gasteiger charge is 2.14. The fourth-order valence-electron chi connectivity index (χ4n) is 3.06. The van der Waals surface area contributed by atoms with Crippen LogP contribution < -0.4 is 4.74 Å². The van der Waals surface area contributed by atoms with Gasteiger partial charge < -0.3 is 9.30 Å². The lowest BCUT2D eigenvalue weighted by molar-refractivity contribution is 0.357. The van der Waals surface area contributed by atoms with Crippen molar-refractivity contribution in [1.29, 1.82) is 0 Å². The molecule has 0 fully saturated rings. The number of hydrogen-bond donors (Lipinski definition) is 0. The Balaban J connectivity index is 1.57. The average molecular weight is 314 g/mol. The summed E-state index contributed by atoms with van der Waals surface area (Å²) in [6.07, 6.45) is 8.29. The number of ether oxygens (including phenoxy) is 1. The van der Waals surface area contributed by atoms with Crippen LogP contribution in [0, 0.1) is 0 Å². The molecule has 116 valence electrons. The summed E-state index contributed by atoms with van der Waals surface area (Å²) >= 11 is 0. The van der Waals surface area contributed by atoms with E-state index in [1.165, 1.54) is 5.56 Å². The molecule has 0 radical (unpaired) electrons. The van der Waals surface area contributed by atoms with Gasteiger partial charge in [-0.2, -0.15) is 0 Å². The van der Waals surface area contributed by atoms with Gasteiger partial charge in [-0.05, 0) is 42.0 Å². The summed E-state index contributed by atoms with van der Waals surface area (Å²) in [6, 6.07) is 12.3. The Morgan fingerprint density at radius 1 is 1.08 bits per heavy atom. The standard InChI is InChI=1S/C19H14N4O/c1-4-18-13(5-8-24-18)9-14(1)19-21-11-15-10-16(2-3-17(15)22-19)23-7-6-20-12-23/h1-4,6-7,9-12H,5,8H2. The molecular weight excluding hydrogens is 300 g/mol. The third-order valence-corrected chi connectivity index (χ3v) is 4.31. The molecule has 0 atom stereocenters. The van der Waals surface area contributed by atoms with Crippen LogP contribution in [0.15, 0.2) is 61.3 Å². The van der Waals surface area contributed by atoms with E-state index >= 15 is 0 Å². The fraction of sp³-hybridized carbons (Fsp3) is 0.105. The molecule has 1 aliphatic rings. The van der Waals surface area contributed by atoms with Gasteiger partial charge in [-0.3, -0.25) is 0 Å². The Labute approximate surface area is 138 Å². The fourth-order valence-corrected chi connectivity index (χ4v) is 3.06. The number of aromatic nitrogens is 4. The lowest BCUT2D eigenvalue weighted by Crippen LogP contribution is -1.93. The van der Waals surface area contributed by atoms with Crippen LogP contribution in [0.2, 0.25) is 0 Å². The maximum atomic E-state index is 5.56. The number of benzene rings is 2. The van der Waals surface area contributed by atoms with E-state index in [2.05, 4.69) is 22.1 Å².